The van der Waals surface area contributed by atoms with Gasteiger partial charge in [-0.2, -0.15) is 0 Å². The van der Waals surface area contributed by atoms with Crippen molar-refractivity contribution in [2.75, 3.05) is 6.61 Å². The van der Waals surface area contributed by atoms with Gasteiger partial charge in [-0.1, -0.05) is 23.2 Å². The molecule has 0 aromatic carbocycles. The molecule has 2 N–H and O–H groups in total. The molecule has 0 aliphatic heterocycles. The summed E-state index contributed by atoms with van der Waals surface area (Å²) in [6.45, 7) is -0.0725. The number of aromatic nitrogens is 1. The van der Waals surface area contributed by atoms with Gasteiger partial charge in [-0.05, 0) is 31.4 Å². The molecular weight excluding hydrogens is 263 g/mol. The van der Waals surface area contributed by atoms with Crippen molar-refractivity contribution in [3.8, 4) is 0 Å². The van der Waals surface area contributed by atoms with Gasteiger partial charge < -0.3 is 10.4 Å². The minimum absolute atomic E-state index is 0.0725. The third kappa shape index (κ3) is 2.54. The van der Waals surface area contributed by atoms with Crippen LogP contribution in [0.5, 0.6) is 0 Å². The summed E-state index contributed by atoms with van der Waals surface area (Å²) in [7, 11) is 0. The number of rotatable bonds is 3. The molecule has 0 atom stereocenters. The third-order valence-electron chi connectivity index (χ3n) is 3.02. The van der Waals surface area contributed by atoms with E-state index in [2.05, 4.69) is 10.3 Å². The summed E-state index contributed by atoms with van der Waals surface area (Å²) in [6, 6.07) is 3.05. The van der Waals surface area contributed by atoms with Gasteiger partial charge in [0.05, 0.1) is 17.2 Å². The molecule has 1 saturated carbocycles. The molecular formula is C11H12Cl2N2O2. The van der Waals surface area contributed by atoms with E-state index in [-0.39, 0.29) is 22.5 Å². The van der Waals surface area contributed by atoms with Crippen LogP contribution in [0.3, 0.4) is 0 Å². The Hall–Kier alpha value is -0.840. The molecule has 1 fully saturated rings. The number of carbonyl (C=O) groups is 1. The number of aliphatic hydroxyl groups excluding tert-OH is 1. The molecule has 17 heavy (non-hydrogen) atoms. The van der Waals surface area contributed by atoms with Crippen molar-refractivity contribution >= 4 is 29.1 Å². The number of nitrogens with one attached hydrogen (secondary N) is 1. The van der Waals surface area contributed by atoms with Crippen molar-refractivity contribution in [2.24, 2.45) is 0 Å². The number of amides is 1. The largest absolute Gasteiger partial charge is 0.394 e. The molecule has 92 valence electrons. The molecule has 6 heteroatoms. The highest BCUT2D eigenvalue weighted by Crippen LogP contribution is 2.31. The quantitative estimate of drug-likeness (QED) is 0.830. The fraction of sp³-hybridized carbons (Fsp3) is 0.455. The summed E-state index contributed by atoms with van der Waals surface area (Å²) >= 11 is 11.6. The molecule has 0 saturated heterocycles. The second kappa shape index (κ2) is 4.80. The van der Waals surface area contributed by atoms with Gasteiger partial charge >= 0.3 is 0 Å². The lowest BCUT2D eigenvalue weighted by atomic mass is 9.77. The maximum atomic E-state index is 12.0. The minimum atomic E-state index is -0.510. The summed E-state index contributed by atoms with van der Waals surface area (Å²) in [5.74, 6) is -0.397. The average Bonchev–Trinajstić information content (AvgIpc) is 2.26. The SMILES string of the molecule is O=C(NC1(CO)CCC1)c1nc(Cl)ccc1Cl. The first-order valence-corrected chi connectivity index (χ1v) is 6.07. The Morgan fingerprint density at radius 1 is 1.47 bits per heavy atom. The predicted octanol–water partition coefficient (Wildman–Crippen LogP) is 2.03. The van der Waals surface area contributed by atoms with Gasteiger partial charge in [-0.25, -0.2) is 4.98 Å². The van der Waals surface area contributed by atoms with E-state index in [1.165, 1.54) is 12.1 Å². The minimum Gasteiger partial charge on any atom is -0.394 e. The van der Waals surface area contributed by atoms with Crippen LogP contribution in [0.4, 0.5) is 0 Å². The summed E-state index contributed by atoms with van der Waals surface area (Å²) in [5, 5.41) is 12.5. The van der Waals surface area contributed by atoms with Gasteiger partial charge in [0.2, 0.25) is 0 Å². The third-order valence-corrected chi connectivity index (χ3v) is 3.53. The smallest absolute Gasteiger partial charge is 0.272 e. The van der Waals surface area contributed by atoms with Crippen LogP contribution < -0.4 is 5.32 Å². The van der Waals surface area contributed by atoms with Crippen molar-refractivity contribution < 1.29 is 9.90 Å². The maximum absolute atomic E-state index is 12.0. The standard InChI is InChI=1S/C11H12Cl2N2O2/c12-7-2-3-8(13)14-9(7)10(17)15-11(6-16)4-1-5-11/h2-3,16H,1,4-6H2,(H,15,17). The monoisotopic (exact) mass is 274 g/mol. The van der Waals surface area contributed by atoms with Crippen LogP contribution in [-0.2, 0) is 0 Å². The molecule has 1 aliphatic rings. The van der Waals surface area contributed by atoms with E-state index in [1.807, 2.05) is 0 Å². The number of carbonyl (C=O) groups excluding carboxylic acids is 1. The van der Waals surface area contributed by atoms with Crippen molar-refractivity contribution in [1.82, 2.24) is 10.3 Å². The second-order valence-corrected chi connectivity index (χ2v) is 5.00. The van der Waals surface area contributed by atoms with Crippen LogP contribution in [-0.4, -0.2) is 28.1 Å². The first-order valence-electron chi connectivity index (χ1n) is 5.32. The number of nitrogens with zero attached hydrogens (tertiary/aromatic N) is 1. The van der Waals surface area contributed by atoms with Crippen LogP contribution in [0.15, 0.2) is 12.1 Å². The van der Waals surface area contributed by atoms with Gasteiger partial charge in [-0.3, -0.25) is 4.79 Å². The Bertz CT molecular complexity index is 442. The van der Waals surface area contributed by atoms with E-state index in [0.29, 0.717) is 0 Å². The molecule has 1 aromatic heterocycles. The highest BCUT2D eigenvalue weighted by Gasteiger charge is 2.38. The zero-order valence-corrected chi connectivity index (χ0v) is 10.6. The van der Waals surface area contributed by atoms with Crippen LogP contribution in [0.25, 0.3) is 0 Å². The van der Waals surface area contributed by atoms with Crippen molar-refractivity contribution in [3.05, 3.63) is 28.0 Å². The van der Waals surface area contributed by atoms with E-state index >= 15 is 0 Å². The molecule has 0 unspecified atom stereocenters. The summed E-state index contributed by atoms with van der Waals surface area (Å²) in [4.78, 5) is 15.8. The van der Waals surface area contributed by atoms with E-state index in [4.69, 9.17) is 23.2 Å². The van der Waals surface area contributed by atoms with Crippen molar-refractivity contribution in [2.45, 2.75) is 24.8 Å². The Kier molecular flexibility index (Phi) is 3.56. The zero-order chi connectivity index (χ0) is 12.5. The number of hydrogen-bond donors (Lipinski definition) is 2. The summed E-state index contributed by atoms with van der Waals surface area (Å²) in [5.41, 5.74) is -0.413. The highest BCUT2D eigenvalue weighted by atomic mass is 35.5. The molecule has 0 radical (unpaired) electrons. The lowest BCUT2D eigenvalue weighted by Crippen LogP contribution is -2.56. The fourth-order valence-corrected chi connectivity index (χ4v) is 2.14. The lowest BCUT2D eigenvalue weighted by Gasteiger charge is -2.40. The van der Waals surface area contributed by atoms with Gasteiger partial charge in [0.1, 0.15) is 10.8 Å². The topological polar surface area (TPSA) is 62.2 Å². The number of aliphatic hydroxyl groups is 1. The van der Waals surface area contributed by atoms with Crippen molar-refractivity contribution in [1.29, 1.82) is 0 Å². The first kappa shape index (κ1) is 12.6. The molecule has 2 rings (SSSR count). The van der Waals surface area contributed by atoms with Gasteiger partial charge in [-0.15, -0.1) is 0 Å². The summed E-state index contributed by atoms with van der Waals surface area (Å²) in [6.07, 6.45) is 2.54. The second-order valence-electron chi connectivity index (χ2n) is 4.21. The van der Waals surface area contributed by atoms with Gasteiger partial charge in [0.15, 0.2) is 0 Å². The van der Waals surface area contributed by atoms with Crippen molar-refractivity contribution in [3.63, 3.8) is 0 Å². The average molecular weight is 275 g/mol. The molecule has 1 aliphatic carbocycles. The lowest BCUT2D eigenvalue weighted by molar-refractivity contribution is 0.0638. The molecule has 4 nitrogen and oxygen atoms in total. The molecule has 1 heterocycles. The Morgan fingerprint density at radius 2 is 2.18 bits per heavy atom. The normalized spacial score (nSPS) is 17.4. The first-order chi connectivity index (χ1) is 8.06. The van der Waals surface area contributed by atoms with Gasteiger partial charge in [0.25, 0.3) is 5.91 Å². The van der Waals surface area contributed by atoms with E-state index in [0.717, 1.165) is 19.3 Å². The fourth-order valence-electron chi connectivity index (χ4n) is 1.80. The van der Waals surface area contributed by atoms with Gasteiger partial charge in [0, 0.05) is 0 Å². The van der Waals surface area contributed by atoms with Crippen LogP contribution >= 0.6 is 23.2 Å². The molecule has 0 bridgehead atoms. The van der Waals surface area contributed by atoms with E-state index in [1.54, 1.807) is 0 Å². The Morgan fingerprint density at radius 3 is 2.71 bits per heavy atom. The van der Waals surface area contributed by atoms with Crippen LogP contribution in [0.1, 0.15) is 29.8 Å². The zero-order valence-electron chi connectivity index (χ0n) is 9.04. The van der Waals surface area contributed by atoms with Crippen LogP contribution in [0.2, 0.25) is 10.2 Å². The van der Waals surface area contributed by atoms with E-state index < -0.39 is 11.4 Å². The maximum Gasteiger partial charge on any atom is 0.272 e. The number of hydrogen-bond acceptors (Lipinski definition) is 3. The summed E-state index contributed by atoms with van der Waals surface area (Å²) < 4.78 is 0. The molecule has 1 amide bonds. The highest BCUT2D eigenvalue weighted by molar-refractivity contribution is 6.34. The predicted molar refractivity (Wildman–Crippen MR) is 65.4 cm³/mol. The molecule has 0 spiro atoms. The van der Waals surface area contributed by atoms with Crippen LogP contribution in [0, 0.1) is 0 Å². The number of pyridine rings is 1. The number of halogens is 2. The molecule has 1 aromatic rings. The Balaban J connectivity index is 2.17. The Labute approximate surface area is 109 Å². The van der Waals surface area contributed by atoms with E-state index in [9.17, 15) is 9.90 Å².